The number of piperidine rings is 1. The van der Waals surface area contributed by atoms with Gasteiger partial charge >= 0.3 is 12.1 Å². The molecule has 0 aromatic heterocycles. The van der Waals surface area contributed by atoms with Crippen LogP contribution < -0.4 is 4.74 Å². The summed E-state index contributed by atoms with van der Waals surface area (Å²) in [7, 11) is 1.09. The highest BCUT2D eigenvalue weighted by Gasteiger charge is 2.47. The molecule has 10 heteroatoms. The molecule has 0 spiro atoms. The van der Waals surface area contributed by atoms with E-state index in [0.29, 0.717) is 12.8 Å². The van der Waals surface area contributed by atoms with Crippen LogP contribution in [0.1, 0.15) is 44.0 Å². The van der Waals surface area contributed by atoms with E-state index in [1.807, 2.05) is 20.8 Å². The lowest BCUT2D eigenvalue weighted by Crippen LogP contribution is -2.56. The Labute approximate surface area is 161 Å². The fourth-order valence-electron chi connectivity index (χ4n) is 3.34. The number of ether oxygens (including phenoxy) is 2. The first-order valence-electron chi connectivity index (χ1n) is 8.68. The average molecular weight is 396 g/mol. The van der Waals surface area contributed by atoms with E-state index < -0.39 is 39.4 Å². The summed E-state index contributed by atoms with van der Waals surface area (Å²) >= 11 is 0. The van der Waals surface area contributed by atoms with Crippen molar-refractivity contribution in [2.45, 2.75) is 39.2 Å². The molecule has 0 bridgehead atoms. The number of hydrogen-bond acceptors (Lipinski definition) is 7. The number of nitro groups is 1. The van der Waals surface area contributed by atoms with Gasteiger partial charge in [-0.15, -0.1) is 0 Å². The van der Waals surface area contributed by atoms with E-state index in [4.69, 9.17) is 4.74 Å². The number of benzene rings is 1. The predicted octanol–water partition coefficient (Wildman–Crippen LogP) is 3.02. The standard InChI is InChI=1S/C18H24N2O8/c1-17(2,3)18(5-7-19(8-6-18)16(23)24)28-14-9-11(15(22)27-4)12(20(25)26)10-13(14)21/h9-10,21H,5-8H2,1-4H3,(H,23,24). The topological polar surface area (TPSA) is 139 Å². The third kappa shape index (κ3) is 3.95. The molecule has 10 nitrogen and oxygen atoms in total. The number of hydrogen-bond donors (Lipinski definition) is 2. The number of phenolic OH excluding ortho intramolecular Hbond substituents is 1. The summed E-state index contributed by atoms with van der Waals surface area (Å²) in [4.78, 5) is 34.9. The third-order valence-electron chi connectivity index (χ3n) is 5.19. The van der Waals surface area contributed by atoms with Crippen molar-refractivity contribution in [3.05, 3.63) is 27.8 Å². The summed E-state index contributed by atoms with van der Waals surface area (Å²) in [5, 5.41) is 30.7. The zero-order valence-corrected chi connectivity index (χ0v) is 16.2. The molecule has 1 saturated heterocycles. The van der Waals surface area contributed by atoms with Crippen LogP contribution in [0.2, 0.25) is 0 Å². The molecule has 154 valence electrons. The normalized spacial score (nSPS) is 16.4. The highest BCUT2D eigenvalue weighted by atomic mass is 16.6. The van der Waals surface area contributed by atoms with Crippen molar-refractivity contribution >= 4 is 17.7 Å². The van der Waals surface area contributed by atoms with Crippen molar-refractivity contribution in [1.29, 1.82) is 0 Å². The smallest absolute Gasteiger partial charge is 0.407 e. The third-order valence-corrected chi connectivity index (χ3v) is 5.19. The number of carboxylic acid groups (broad SMARTS) is 1. The molecule has 1 heterocycles. The van der Waals surface area contributed by atoms with E-state index >= 15 is 0 Å². The van der Waals surface area contributed by atoms with Crippen molar-refractivity contribution in [2.24, 2.45) is 5.41 Å². The Bertz CT molecular complexity index is 792. The lowest BCUT2D eigenvalue weighted by molar-refractivity contribution is -0.385. The van der Waals surface area contributed by atoms with E-state index in [9.17, 15) is 29.9 Å². The number of nitro benzene ring substituents is 1. The number of amides is 1. The van der Waals surface area contributed by atoms with Crippen molar-refractivity contribution in [3.8, 4) is 11.5 Å². The first-order chi connectivity index (χ1) is 12.9. The zero-order chi connectivity index (χ0) is 21.3. The van der Waals surface area contributed by atoms with Gasteiger partial charge in [-0.25, -0.2) is 9.59 Å². The number of carbonyl (C=O) groups excluding carboxylic acids is 1. The average Bonchev–Trinajstić information content (AvgIpc) is 2.61. The van der Waals surface area contributed by atoms with E-state index in [0.717, 1.165) is 19.2 Å². The van der Waals surface area contributed by atoms with Gasteiger partial charge in [-0.2, -0.15) is 0 Å². The van der Waals surface area contributed by atoms with Crippen LogP contribution in [-0.2, 0) is 4.74 Å². The monoisotopic (exact) mass is 396 g/mol. The number of esters is 1. The summed E-state index contributed by atoms with van der Waals surface area (Å²) in [6.07, 6.45) is -0.312. The Kier molecular flexibility index (Phi) is 5.72. The van der Waals surface area contributed by atoms with Gasteiger partial charge in [0.2, 0.25) is 0 Å². The summed E-state index contributed by atoms with van der Waals surface area (Å²) in [6, 6.07) is 1.95. The Morgan fingerprint density at radius 2 is 1.82 bits per heavy atom. The van der Waals surface area contributed by atoms with Gasteiger partial charge in [0.25, 0.3) is 5.69 Å². The van der Waals surface area contributed by atoms with Crippen LogP contribution in [-0.4, -0.2) is 57.9 Å². The van der Waals surface area contributed by atoms with Crippen LogP contribution >= 0.6 is 0 Å². The molecule has 0 aliphatic carbocycles. The van der Waals surface area contributed by atoms with Crippen LogP contribution in [0.4, 0.5) is 10.5 Å². The maximum atomic E-state index is 12.0. The van der Waals surface area contributed by atoms with Crippen LogP contribution in [0.25, 0.3) is 0 Å². The Morgan fingerprint density at radius 3 is 2.25 bits per heavy atom. The Balaban J connectivity index is 2.47. The second-order valence-corrected chi connectivity index (χ2v) is 7.70. The molecule has 0 unspecified atom stereocenters. The van der Waals surface area contributed by atoms with Gasteiger partial charge in [0.15, 0.2) is 11.5 Å². The minimum absolute atomic E-state index is 0.0929. The van der Waals surface area contributed by atoms with Gasteiger partial charge in [0.05, 0.1) is 18.1 Å². The minimum atomic E-state index is -1.02. The molecule has 2 N–H and O–H groups in total. The van der Waals surface area contributed by atoms with Crippen LogP contribution in [0.5, 0.6) is 11.5 Å². The van der Waals surface area contributed by atoms with Crippen molar-refractivity contribution in [1.82, 2.24) is 4.90 Å². The van der Waals surface area contributed by atoms with Crippen molar-refractivity contribution in [3.63, 3.8) is 0 Å². The summed E-state index contributed by atoms with van der Waals surface area (Å²) in [5.74, 6) is -1.50. The molecule has 1 aromatic carbocycles. The zero-order valence-electron chi connectivity index (χ0n) is 16.2. The fourth-order valence-corrected chi connectivity index (χ4v) is 3.34. The summed E-state index contributed by atoms with van der Waals surface area (Å²) in [6.45, 7) is 6.25. The molecular formula is C18H24N2O8. The second-order valence-electron chi connectivity index (χ2n) is 7.70. The number of aromatic hydroxyl groups is 1. The Morgan fingerprint density at radius 1 is 1.25 bits per heavy atom. The molecule has 1 aromatic rings. The van der Waals surface area contributed by atoms with Crippen LogP contribution in [0.15, 0.2) is 12.1 Å². The first-order valence-corrected chi connectivity index (χ1v) is 8.68. The van der Waals surface area contributed by atoms with Crippen molar-refractivity contribution in [2.75, 3.05) is 20.2 Å². The molecule has 28 heavy (non-hydrogen) atoms. The molecule has 0 radical (unpaired) electrons. The first kappa shape index (κ1) is 21.3. The molecular weight excluding hydrogens is 372 g/mol. The van der Waals surface area contributed by atoms with Gasteiger partial charge < -0.3 is 24.6 Å². The lowest BCUT2D eigenvalue weighted by atomic mass is 9.70. The molecule has 1 aliphatic rings. The number of phenols is 1. The highest BCUT2D eigenvalue weighted by Crippen LogP contribution is 2.45. The number of carbonyl (C=O) groups is 2. The summed E-state index contributed by atoms with van der Waals surface area (Å²) < 4.78 is 10.7. The van der Waals surface area contributed by atoms with E-state index in [1.165, 1.54) is 4.90 Å². The van der Waals surface area contributed by atoms with Gasteiger partial charge in [0.1, 0.15) is 11.2 Å². The van der Waals surface area contributed by atoms with E-state index in [2.05, 4.69) is 4.74 Å². The number of likely N-dealkylation sites (tertiary alicyclic amines) is 1. The van der Waals surface area contributed by atoms with Gasteiger partial charge in [-0.3, -0.25) is 10.1 Å². The molecule has 1 aliphatic heterocycles. The SMILES string of the molecule is COC(=O)c1cc(OC2(C(C)(C)C)CCN(C(=O)O)CC2)c(O)cc1[N+](=O)[O-]. The number of rotatable bonds is 4. The molecule has 0 atom stereocenters. The maximum absolute atomic E-state index is 12.0. The van der Waals surface area contributed by atoms with E-state index in [1.54, 1.807) is 0 Å². The summed E-state index contributed by atoms with van der Waals surface area (Å²) in [5.41, 5.74) is -2.23. The molecule has 0 saturated carbocycles. The minimum Gasteiger partial charge on any atom is -0.504 e. The number of nitrogens with zero attached hydrogens (tertiary/aromatic N) is 2. The highest BCUT2D eigenvalue weighted by molar-refractivity contribution is 5.94. The van der Waals surface area contributed by atoms with Crippen LogP contribution in [0, 0.1) is 15.5 Å². The van der Waals surface area contributed by atoms with Gasteiger partial charge in [-0.05, 0) is 0 Å². The van der Waals surface area contributed by atoms with Gasteiger partial charge in [0, 0.05) is 37.4 Å². The van der Waals surface area contributed by atoms with Crippen molar-refractivity contribution < 1.29 is 34.2 Å². The predicted molar refractivity (Wildman–Crippen MR) is 97.7 cm³/mol. The fraction of sp³-hybridized carbons (Fsp3) is 0.556. The maximum Gasteiger partial charge on any atom is 0.407 e. The molecule has 1 fully saturated rings. The van der Waals surface area contributed by atoms with Crippen LogP contribution in [0.3, 0.4) is 0 Å². The quantitative estimate of drug-likeness (QED) is 0.450. The molecule has 1 amide bonds. The molecule has 2 rings (SSSR count). The largest absolute Gasteiger partial charge is 0.504 e. The van der Waals surface area contributed by atoms with Gasteiger partial charge in [-0.1, -0.05) is 20.8 Å². The second kappa shape index (κ2) is 7.53. The lowest BCUT2D eigenvalue weighted by Gasteiger charge is -2.49. The number of methoxy groups -OCH3 is 1. The van der Waals surface area contributed by atoms with E-state index in [-0.39, 0.29) is 24.4 Å². The Hall–Kier alpha value is -3.04.